The predicted octanol–water partition coefficient (Wildman–Crippen LogP) is 3.22. The number of anilines is 1. The molecule has 4 heteroatoms. The Balaban J connectivity index is 1.76. The van der Waals surface area contributed by atoms with Crippen LogP contribution in [0.2, 0.25) is 5.02 Å². The lowest BCUT2D eigenvalue weighted by molar-refractivity contribution is 0.746. The van der Waals surface area contributed by atoms with E-state index in [1.54, 1.807) is 0 Å². The van der Waals surface area contributed by atoms with Crippen LogP contribution in [0.5, 0.6) is 0 Å². The molecule has 1 atom stereocenters. The van der Waals surface area contributed by atoms with Crippen molar-refractivity contribution in [2.75, 3.05) is 5.32 Å². The molecular formula is C15H18ClN3. The Labute approximate surface area is 118 Å². The molecule has 1 aromatic heterocycles. The molecule has 3 nitrogen and oxygen atoms in total. The van der Waals surface area contributed by atoms with E-state index >= 15 is 0 Å². The molecule has 100 valence electrons. The quantitative estimate of drug-likeness (QED) is 0.932. The minimum absolute atomic E-state index is 0.447. The average Bonchev–Trinajstić information content (AvgIpc) is 2.92. The van der Waals surface area contributed by atoms with Gasteiger partial charge in [0, 0.05) is 24.3 Å². The van der Waals surface area contributed by atoms with E-state index in [4.69, 9.17) is 11.6 Å². The largest absolute Gasteiger partial charge is 0.379 e. The fourth-order valence-electron chi connectivity index (χ4n) is 2.82. The zero-order chi connectivity index (χ0) is 13.4. The summed E-state index contributed by atoms with van der Waals surface area (Å²) in [6.07, 6.45) is 5.11. The van der Waals surface area contributed by atoms with Crippen LogP contribution < -0.4 is 5.32 Å². The second-order valence-corrected chi connectivity index (χ2v) is 5.62. The number of hydrogen-bond acceptors (Lipinski definition) is 2. The number of rotatable bonds is 3. The van der Waals surface area contributed by atoms with Gasteiger partial charge in [0.05, 0.1) is 11.4 Å². The average molecular weight is 276 g/mol. The van der Waals surface area contributed by atoms with Crippen molar-refractivity contribution < 1.29 is 0 Å². The summed E-state index contributed by atoms with van der Waals surface area (Å²) in [5, 5.41) is 8.92. The van der Waals surface area contributed by atoms with Crippen molar-refractivity contribution in [3.8, 4) is 0 Å². The van der Waals surface area contributed by atoms with Crippen molar-refractivity contribution in [3.63, 3.8) is 0 Å². The van der Waals surface area contributed by atoms with Crippen LogP contribution >= 0.6 is 11.6 Å². The number of nitrogens with one attached hydrogen (secondary N) is 1. The first kappa shape index (κ1) is 12.5. The zero-order valence-electron chi connectivity index (χ0n) is 11.3. The molecular weight excluding hydrogens is 258 g/mol. The Hall–Kier alpha value is -1.48. The van der Waals surface area contributed by atoms with E-state index < -0.39 is 0 Å². The van der Waals surface area contributed by atoms with Gasteiger partial charge in [-0.2, -0.15) is 5.10 Å². The van der Waals surface area contributed by atoms with Gasteiger partial charge in [-0.05, 0) is 42.5 Å². The second kappa shape index (κ2) is 4.89. The van der Waals surface area contributed by atoms with Crippen molar-refractivity contribution in [3.05, 3.63) is 46.2 Å². The number of fused-ring (bicyclic) bond motifs is 1. The smallest absolute Gasteiger partial charge is 0.0853 e. The van der Waals surface area contributed by atoms with E-state index in [0.29, 0.717) is 6.04 Å². The van der Waals surface area contributed by atoms with E-state index in [2.05, 4.69) is 35.7 Å². The summed E-state index contributed by atoms with van der Waals surface area (Å²) in [5.41, 5.74) is 5.07. The third-order valence-corrected chi connectivity index (χ3v) is 3.94. The fraction of sp³-hybridized carbons (Fsp3) is 0.400. The van der Waals surface area contributed by atoms with Crippen LogP contribution in [-0.4, -0.2) is 15.8 Å². The van der Waals surface area contributed by atoms with Crippen molar-refractivity contribution in [2.45, 2.75) is 32.2 Å². The molecule has 0 fully saturated rings. The summed E-state index contributed by atoms with van der Waals surface area (Å²) in [6, 6.07) is 6.65. The van der Waals surface area contributed by atoms with E-state index in [-0.39, 0.29) is 0 Å². The van der Waals surface area contributed by atoms with Gasteiger partial charge in [-0.15, -0.1) is 0 Å². The lowest BCUT2D eigenvalue weighted by Gasteiger charge is -2.12. The number of benzene rings is 1. The third kappa shape index (κ3) is 2.47. The maximum atomic E-state index is 6.05. The third-order valence-electron chi connectivity index (χ3n) is 3.70. The summed E-state index contributed by atoms with van der Waals surface area (Å²) >= 11 is 6.05. The minimum Gasteiger partial charge on any atom is -0.379 e. The fourth-order valence-corrected chi connectivity index (χ4v) is 3.02. The minimum atomic E-state index is 0.447. The summed E-state index contributed by atoms with van der Waals surface area (Å²) in [7, 11) is 1.97. The highest BCUT2D eigenvalue weighted by Gasteiger charge is 2.22. The first-order valence-corrected chi connectivity index (χ1v) is 7.10. The molecule has 0 saturated heterocycles. The summed E-state index contributed by atoms with van der Waals surface area (Å²) in [6.45, 7) is 2.14. The maximum absolute atomic E-state index is 6.05. The first-order valence-electron chi connectivity index (χ1n) is 6.72. The standard InChI is InChI=1S/C15H18ClN3/c1-3-14-15(9-19(2)18-14)17-13-7-10-4-5-12(16)6-11(10)8-13/h4-6,9,13,17H,3,7-8H2,1-2H3. The Morgan fingerprint density at radius 1 is 1.37 bits per heavy atom. The van der Waals surface area contributed by atoms with E-state index in [1.807, 2.05) is 17.8 Å². The lowest BCUT2D eigenvalue weighted by Crippen LogP contribution is -2.19. The molecule has 2 aromatic rings. The Kier molecular flexibility index (Phi) is 3.23. The molecule has 0 aliphatic heterocycles. The van der Waals surface area contributed by atoms with Crippen molar-refractivity contribution >= 4 is 17.3 Å². The van der Waals surface area contributed by atoms with Crippen LogP contribution in [0.1, 0.15) is 23.7 Å². The molecule has 19 heavy (non-hydrogen) atoms. The van der Waals surface area contributed by atoms with Gasteiger partial charge in [-0.25, -0.2) is 0 Å². The second-order valence-electron chi connectivity index (χ2n) is 5.18. The van der Waals surface area contributed by atoms with Gasteiger partial charge < -0.3 is 5.32 Å². The lowest BCUT2D eigenvalue weighted by atomic mass is 10.1. The van der Waals surface area contributed by atoms with E-state index in [0.717, 1.165) is 35.7 Å². The summed E-state index contributed by atoms with van der Waals surface area (Å²) in [5.74, 6) is 0. The molecule has 0 amide bonds. The Morgan fingerprint density at radius 3 is 2.95 bits per heavy atom. The molecule has 1 N–H and O–H groups in total. The van der Waals surface area contributed by atoms with Crippen LogP contribution in [-0.2, 0) is 26.3 Å². The number of halogens is 1. The maximum Gasteiger partial charge on any atom is 0.0853 e. The van der Waals surface area contributed by atoms with Crippen molar-refractivity contribution in [2.24, 2.45) is 7.05 Å². The first-order chi connectivity index (χ1) is 9.15. The van der Waals surface area contributed by atoms with Gasteiger partial charge in [0.2, 0.25) is 0 Å². The van der Waals surface area contributed by atoms with Crippen LogP contribution in [0, 0.1) is 0 Å². The molecule has 1 aromatic carbocycles. The SMILES string of the molecule is CCc1nn(C)cc1NC1Cc2ccc(Cl)cc2C1. The molecule has 1 aliphatic rings. The van der Waals surface area contributed by atoms with Gasteiger partial charge >= 0.3 is 0 Å². The molecule has 1 unspecified atom stereocenters. The topological polar surface area (TPSA) is 29.9 Å². The van der Waals surface area contributed by atoms with Crippen molar-refractivity contribution in [1.29, 1.82) is 0 Å². The van der Waals surface area contributed by atoms with Crippen LogP contribution in [0.25, 0.3) is 0 Å². The number of nitrogens with zero attached hydrogens (tertiary/aromatic N) is 2. The van der Waals surface area contributed by atoms with Crippen LogP contribution in [0.15, 0.2) is 24.4 Å². The zero-order valence-corrected chi connectivity index (χ0v) is 12.0. The monoisotopic (exact) mass is 275 g/mol. The molecule has 0 saturated carbocycles. The summed E-state index contributed by atoms with van der Waals surface area (Å²) < 4.78 is 1.88. The Bertz CT molecular complexity index is 603. The van der Waals surface area contributed by atoms with Gasteiger partial charge in [-0.3, -0.25) is 4.68 Å². The molecule has 3 rings (SSSR count). The molecule has 0 spiro atoms. The predicted molar refractivity (Wildman–Crippen MR) is 78.9 cm³/mol. The van der Waals surface area contributed by atoms with Gasteiger partial charge in [0.25, 0.3) is 0 Å². The van der Waals surface area contributed by atoms with E-state index in [1.165, 1.54) is 11.1 Å². The van der Waals surface area contributed by atoms with E-state index in [9.17, 15) is 0 Å². The molecule has 1 heterocycles. The van der Waals surface area contributed by atoms with Crippen molar-refractivity contribution in [1.82, 2.24) is 9.78 Å². The van der Waals surface area contributed by atoms with Crippen LogP contribution in [0.3, 0.4) is 0 Å². The van der Waals surface area contributed by atoms with Gasteiger partial charge in [0.1, 0.15) is 0 Å². The van der Waals surface area contributed by atoms with Crippen LogP contribution in [0.4, 0.5) is 5.69 Å². The molecule has 0 bridgehead atoms. The van der Waals surface area contributed by atoms with Gasteiger partial charge in [0.15, 0.2) is 0 Å². The highest BCUT2D eigenvalue weighted by molar-refractivity contribution is 6.30. The normalized spacial score (nSPS) is 17.5. The molecule has 1 aliphatic carbocycles. The summed E-state index contributed by atoms with van der Waals surface area (Å²) in [4.78, 5) is 0. The number of aryl methyl sites for hydroxylation is 2. The highest BCUT2D eigenvalue weighted by Crippen LogP contribution is 2.28. The number of aromatic nitrogens is 2. The molecule has 0 radical (unpaired) electrons. The van der Waals surface area contributed by atoms with Gasteiger partial charge in [-0.1, -0.05) is 24.6 Å². The highest BCUT2D eigenvalue weighted by atomic mass is 35.5. The Morgan fingerprint density at radius 2 is 2.16 bits per heavy atom. The number of hydrogen-bond donors (Lipinski definition) is 1.